The van der Waals surface area contributed by atoms with Crippen molar-refractivity contribution in [3.8, 4) is 17.2 Å². The molecule has 0 atom stereocenters. The van der Waals surface area contributed by atoms with E-state index in [9.17, 15) is 4.79 Å². The van der Waals surface area contributed by atoms with Gasteiger partial charge in [-0.25, -0.2) is 4.79 Å². The molecule has 3 aromatic rings. The van der Waals surface area contributed by atoms with Crippen LogP contribution in [0, 0.1) is 11.3 Å². The third-order valence-electron chi connectivity index (χ3n) is 4.59. The standard InChI is InChI=1S/C24H22ClN4O.K/c1-27-13-4-14-29(24(30)28-22-8-3-7-21(25)16-22)23-11-9-19(10-12-23)20-6-2-5-18(15-20)17-26;/h2-3,5-12,15-16H,4,13-14H2,1H3,(H,28,30);/q-1;+1. The number of carbonyl (C=O) groups is 1. The third kappa shape index (κ3) is 7.44. The second-order valence-corrected chi connectivity index (χ2v) is 7.16. The van der Waals surface area contributed by atoms with E-state index in [0.717, 1.165) is 23.2 Å². The maximum Gasteiger partial charge on any atom is 1.00 e. The number of benzene rings is 3. The van der Waals surface area contributed by atoms with Gasteiger partial charge < -0.3 is 10.6 Å². The van der Waals surface area contributed by atoms with Gasteiger partial charge in [-0.15, -0.1) is 6.54 Å². The second kappa shape index (κ2) is 13.0. The maximum absolute atomic E-state index is 13.0. The van der Waals surface area contributed by atoms with Crippen molar-refractivity contribution in [2.24, 2.45) is 0 Å². The van der Waals surface area contributed by atoms with E-state index in [0.29, 0.717) is 29.4 Å². The number of hydrogen-bond acceptors (Lipinski definition) is 2. The molecule has 0 unspecified atom stereocenters. The number of anilines is 2. The van der Waals surface area contributed by atoms with Crippen molar-refractivity contribution in [2.45, 2.75) is 6.42 Å². The van der Waals surface area contributed by atoms with E-state index in [1.165, 1.54) is 0 Å². The zero-order valence-electron chi connectivity index (χ0n) is 17.7. The molecule has 1 N–H and O–H groups in total. The van der Waals surface area contributed by atoms with Crippen LogP contribution in [0.25, 0.3) is 16.4 Å². The molecular formula is C24H22ClKN4O. The molecule has 0 spiro atoms. The fourth-order valence-corrected chi connectivity index (χ4v) is 3.28. The zero-order valence-corrected chi connectivity index (χ0v) is 21.6. The molecular weight excluding hydrogens is 435 g/mol. The molecule has 0 bridgehead atoms. The fraction of sp³-hybridized carbons (Fsp3) is 0.167. The number of nitrogens with zero attached hydrogens (tertiary/aromatic N) is 3. The van der Waals surface area contributed by atoms with E-state index in [4.69, 9.17) is 16.9 Å². The molecule has 3 aromatic carbocycles. The topological polar surface area (TPSA) is 70.2 Å². The average molecular weight is 457 g/mol. The molecule has 0 aliphatic heterocycles. The van der Waals surface area contributed by atoms with Crippen molar-refractivity contribution in [1.29, 1.82) is 5.26 Å². The molecule has 31 heavy (non-hydrogen) atoms. The summed E-state index contributed by atoms with van der Waals surface area (Å²) in [6, 6.07) is 24.2. The molecule has 0 aromatic heterocycles. The Labute approximate surface area is 230 Å². The Bertz CT molecular complexity index is 1050. The van der Waals surface area contributed by atoms with E-state index in [1.807, 2.05) is 42.5 Å². The second-order valence-electron chi connectivity index (χ2n) is 6.73. The van der Waals surface area contributed by atoms with Crippen molar-refractivity contribution in [3.05, 3.63) is 88.7 Å². The predicted octanol–water partition coefficient (Wildman–Crippen LogP) is 3.31. The summed E-state index contributed by atoms with van der Waals surface area (Å²) < 4.78 is 0. The summed E-state index contributed by atoms with van der Waals surface area (Å²) in [5.74, 6) is 0. The summed E-state index contributed by atoms with van der Waals surface area (Å²) in [6.07, 6.45) is 0.755. The minimum atomic E-state index is -0.229. The van der Waals surface area contributed by atoms with Gasteiger partial charge in [0.25, 0.3) is 0 Å². The van der Waals surface area contributed by atoms with E-state index < -0.39 is 0 Å². The number of carbonyl (C=O) groups excluding carboxylic acids is 1. The Hall–Kier alpha value is -1.69. The first-order valence-corrected chi connectivity index (χ1v) is 9.99. The van der Waals surface area contributed by atoms with Crippen LogP contribution in [0.3, 0.4) is 0 Å². The molecule has 0 heterocycles. The van der Waals surface area contributed by atoms with Crippen LogP contribution in [-0.4, -0.2) is 26.2 Å². The summed E-state index contributed by atoms with van der Waals surface area (Å²) in [5, 5.41) is 16.7. The minimum absolute atomic E-state index is 0. The molecule has 5 nitrogen and oxygen atoms in total. The molecule has 3 rings (SSSR count). The van der Waals surface area contributed by atoms with Crippen molar-refractivity contribution >= 4 is 29.0 Å². The Morgan fingerprint density at radius 3 is 2.48 bits per heavy atom. The number of halogens is 1. The smallest absolute Gasteiger partial charge is 0.665 e. The van der Waals surface area contributed by atoms with E-state index in [1.54, 1.807) is 42.3 Å². The molecule has 0 saturated heterocycles. The van der Waals surface area contributed by atoms with Crippen LogP contribution in [0.4, 0.5) is 16.2 Å². The van der Waals surface area contributed by atoms with Gasteiger partial charge >= 0.3 is 57.4 Å². The minimum Gasteiger partial charge on any atom is -0.665 e. The van der Waals surface area contributed by atoms with Crippen LogP contribution in [-0.2, 0) is 0 Å². The number of nitriles is 1. The molecule has 0 radical (unpaired) electrons. The summed E-state index contributed by atoms with van der Waals surface area (Å²) >= 11 is 6.03. The first kappa shape index (κ1) is 25.6. The van der Waals surface area contributed by atoms with Crippen LogP contribution in [0.2, 0.25) is 5.02 Å². The first-order valence-electron chi connectivity index (χ1n) is 9.61. The molecule has 0 saturated carbocycles. The summed E-state index contributed by atoms with van der Waals surface area (Å²) in [4.78, 5) is 14.7. The Balaban J connectivity index is 0.00000341. The van der Waals surface area contributed by atoms with Crippen molar-refractivity contribution in [1.82, 2.24) is 0 Å². The Morgan fingerprint density at radius 2 is 1.81 bits per heavy atom. The molecule has 0 aliphatic rings. The Kier molecular flexibility index (Phi) is 10.7. The summed E-state index contributed by atoms with van der Waals surface area (Å²) in [5.41, 5.74) is 3.98. The Morgan fingerprint density at radius 1 is 1.06 bits per heavy atom. The number of nitrogens with one attached hydrogen (secondary N) is 1. The quantitative estimate of drug-likeness (QED) is 0.437. The van der Waals surface area contributed by atoms with Crippen LogP contribution < -0.4 is 61.6 Å². The van der Waals surface area contributed by atoms with Gasteiger partial charge in [-0.2, -0.15) is 12.3 Å². The largest absolute Gasteiger partial charge is 1.00 e. The van der Waals surface area contributed by atoms with E-state index >= 15 is 0 Å². The predicted molar refractivity (Wildman–Crippen MR) is 123 cm³/mol. The van der Waals surface area contributed by atoms with Crippen molar-refractivity contribution in [3.63, 3.8) is 0 Å². The number of amides is 2. The van der Waals surface area contributed by atoms with Gasteiger partial charge in [-0.1, -0.05) is 48.4 Å². The fourth-order valence-electron chi connectivity index (χ4n) is 3.09. The van der Waals surface area contributed by atoms with Gasteiger partial charge in [0.15, 0.2) is 0 Å². The van der Waals surface area contributed by atoms with Crippen LogP contribution in [0.5, 0.6) is 0 Å². The number of urea groups is 1. The third-order valence-corrected chi connectivity index (χ3v) is 4.82. The van der Waals surface area contributed by atoms with Crippen LogP contribution >= 0.6 is 11.6 Å². The summed E-state index contributed by atoms with van der Waals surface area (Å²) in [7, 11) is 1.76. The monoisotopic (exact) mass is 456 g/mol. The normalized spacial score (nSPS) is 9.97. The van der Waals surface area contributed by atoms with Gasteiger partial charge in [-0.3, -0.25) is 4.90 Å². The van der Waals surface area contributed by atoms with Crippen LogP contribution in [0.15, 0.2) is 72.8 Å². The average Bonchev–Trinajstić information content (AvgIpc) is 2.77. The number of hydrogen-bond donors (Lipinski definition) is 1. The van der Waals surface area contributed by atoms with Gasteiger partial charge in [0, 0.05) is 22.9 Å². The molecule has 2 amide bonds. The molecule has 7 heteroatoms. The van der Waals surface area contributed by atoms with Gasteiger partial charge in [0.1, 0.15) is 0 Å². The summed E-state index contributed by atoms with van der Waals surface area (Å²) in [6.45, 7) is 1.22. The van der Waals surface area contributed by atoms with Gasteiger partial charge in [0.2, 0.25) is 0 Å². The first-order chi connectivity index (χ1) is 14.6. The number of rotatable bonds is 7. The molecule has 0 fully saturated rings. The van der Waals surface area contributed by atoms with Crippen molar-refractivity contribution in [2.75, 3.05) is 30.4 Å². The van der Waals surface area contributed by atoms with Gasteiger partial charge in [-0.05, 0) is 53.6 Å². The maximum atomic E-state index is 13.0. The SMILES string of the molecule is C[N-]CCCN(C(=O)Nc1cccc(Cl)c1)c1ccc(-c2cccc(C#N)c2)cc1.[K+]. The molecule has 0 aliphatic carbocycles. The van der Waals surface area contributed by atoms with Crippen LogP contribution in [0.1, 0.15) is 12.0 Å². The van der Waals surface area contributed by atoms with Crippen molar-refractivity contribution < 1.29 is 56.2 Å². The zero-order chi connectivity index (χ0) is 21.3. The van der Waals surface area contributed by atoms with Gasteiger partial charge in [0.05, 0.1) is 11.6 Å². The molecule has 152 valence electrons. The van der Waals surface area contributed by atoms with E-state index in [-0.39, 0.29) is 57.4 Å². The van der Waals surface area contributed by atoms with E-state index in [2.05, 4.69) is 16.7 Å².